The van der Waals surface area contributed by atoms with Gasteiger partial charge in [0, 0.05) is 30.7 Å². The van der Waals surface area contributed by atoms with Crippen LogP contribution in [0.15, 0.2) is 16.8 Å². The molecule has 0 amide bonds. The van der Waals surface area contributed by atoms with Gasteiger partial charge in [-0.2, -0.15) is 23.1 Å². The van der Waals surface area contributed by atoms with Crippen LogP contribution in [0.3, 0.4) is 0 Å². The van der Waals surface area contributed by atoms with Crippen LogP contribution in [-0.2, 0) is 10.5 Å². The Morgan fingerprint density at radius 3 is 3.25 bits per heavy atom. The number of thiophene rings is 1. The van der Waals surface area contributed by atoms with Gasteiger partial charge in [-0.25, -0.2) is 0 Å². The van der Waals surface area contributed by atoms with Crippen LogP contribution in [-0.4, -0.2) is 31.1 Å². The van der Waals surface area contributed by atoms with Crippen molar-refractivity contribution in [3.8, 4) is 0 Å². The maximum atomic E-state index is 5.51. The standard InChI is InChI=1S/C12H19NOS2/c1-10-12(2-5-14-10)13-4-7-16-9-11-3-6-15-8-11/h3,6,8,10,12-13H,2,4-5,7,9H2,1H3. The third-order valence-corrected chi connectivity index (χ3v) is 4.64. The van der Waals surface area contributed by atoms with Gasteiger partial charge in [-0.1, -0.05) is 0 Å². The minimum absolute atomic E-state index is 0.391. The smallest absolute Gasteiger partial charge is 0.0700 e. The topological polar surface area (TPSA) is 21.3 Å². The molecule has 0 spiro atoms. The van der Waals surface area contributed by atoms with E-state index in [-0.39, 0.29) is 0 Å². The van der Waals surface area contributed by atoms with E-state index in [1.165, 1.54) is 11.3 Å². The number of hydrogen-bond donors (Lipinski definition) is 1. The van der Waals surface area contributed by atoms with Crippen molar-refractivity contribution >= 4 is 23.1 Å². The SMILES string of the molecule is CC1OCCC1NCCSCc1ccsc1. The number of nitrogens with one attached hydrogen (secondary N) is 1. The Balaban J connectivity index is 1.52. The van der Waals surface area contributed by atoms with Crippen LogP contribution in [0.25, 0.3) is 0 Å². The van der Waals surface area contributed by atoms with Gasteiger partial charge >= 0.3 is 0 Å². The van der Waals surface area contributed by atoms with Crippen molar-refractivity contribution in [2.45, 2.75) is 31.2 Å². The molecule has 1 aromatic heterocycles. The fraction of sp³-hybridized carbons (Fsp3) is 0.667. The molecular weight excluding hydrogens is 238 g/mol. The molecule has 1 N–H and O–H groups in total. The lowest BCUT2D eigenvalue weighted by Crippen LogP contribution is -2.36. The highest BCUT2D eigenvalue weighted by Crippen LogP contribution is 2.15. The van der Waals surface area contributed by atoms with Gasteiger partial charge in [-0.15, -0.1) is 0 Å². The molecule has 16 heavy (non-hydrogen) atoms. The minimum atomic E-state index is 0.391. The molecule has 90 valence electrons. The van der Waals surface area contributed by atoms with Crippen LogP contribution in [0.1, 0.15) is 18.9 Å². The first-order valence-electron chi connectivity index (χ1n) is 5.80. The third kappa shape index (κ3) is 3.77. The zero-order valence-electron chi connectivity index (χ0n) is 9.65. The van der Waals surface area contributed by atoms with Gasteiger partial charge in [0.2, 0.25) is 0 Å². The van der Waals surface area contributed by atoms with Crippen LogP contribution >= 0.6 is 23.1 Å². The van der Waals surface area contributed by atoms with Crippen LogP contribution < -0.4 is 5.32 Å². The van der Waals surface area contributed by atoms with E-state index >= 15 is 0 Å². The van der Waals surface area contributed by atoms with Crippen molar-refractivity contribution in [2.75, 3.05) is 18.9 Å². The monoisotopic (exact) mass is 257 g/mol. The van der Waals surface area contributed by atoms with Crippen molar-refractivity contribution in [3.63, 3.8) is 0 Å². The lowest BCUT2D eigenvalue weighted by molar-refractivity contribution is 0.113. The minimum Gasteiger partial charge on any atom is -0.377 e. The van der Waals surface area contributed by atoms with Gasteiger partial charge in [0.25, 0.3) is 0 Å². The first-order chi connectivity index (χ1) is 7.86. The predicted molar refractivity (Wildman–Crippen MR) is 72.3 cm³/mol. The third-order valence-electron chi connectivity index (χ3n) is 2.88. The second-order valence-corrected chi connectivity index (χ2v) is 5.99. The molecule has 0 bridgehead atoms. The fourth-order valence-corrected chi connectivity index (χ4v) is 3.48. The van der Waals surface area contributed by atoms with Crippen molar-refractivity contribution in [3.05, 3.63) is 22.4 Å². The van der Waals surface area contributed by atoms with E-state index in [9.17, 15) is 0 Å². The zero-order valence-corrected chi connectivity index (χ0v) is 11.3. The van der Waals surface area contributed by atoms with Crippen molar-refractivity contribution in [2.24, 2.45) is 0 Å². The largest absolute Gasteiger partial charge is 0.377 e. The molecule has 1 fully saturated rings. The second kappa shape index (κ2) is 6.64. The molecule has 2 unspecified atom stereocenters. The van der Waals surface area contributed by atoms with Gasteiger partial charge in [-0.05, 0) is 35.7 Å². The summed E-state index contributed by atoms with van der Waals surface area (Å²) in [4.78, 5) is 0. The summed E-state index contributed by atoms with van der Waals surface area (Å²) in [6.45, 7) is 4.16. The van der Waals surface area contributed by atoms with E-state index in [2.05, 4.69) is 29.1 Å². The van der Waals surface area contributed by atoms with Gasteiger partial charge < -0.3 is 10.1 Å². The summed E-state index contributed by atoms with van der Waals surface area (Å²) in [7, 11) is 0. The molecule has 1 aromatic rings. The molecule has 2 rings (SSSR count). The molecule has 0 radical (unpaired) electrons. The Kier molecular flexibility index (Phi) is 5.16. The summed E-state index contributed by atoms with van der Waals surface area (Å²) in [5.41, 5.74) is 1.45. The van der Waals surface area contributed by atoms with E-state index in [0.717, 1.165) is 25.3 Å². The summed E-state index contributed by atoms with van der Waals surface area (Å²) in [5, 5.41) is 7.94. The highest BCUT2D eigenvalue weighted by Gasteiger charge is 2.22. The molecule has 1 aliphatic heterocycles. The highest BCUT2D eigenvalue weighted by molar-refractivity contribution is 7.98. The summed E-state index contributed by atoms with van der Waals surface area (Å²) < 4.78 is 5.51. The van der Waals surface area contributed by atoms with Crippen LogP contribution in [0.4, 0.5) is 0 Å². The van der Waals surface area contributed by atoms with Crippen molar-refractivity contribution < 1.29 is 4.74 Å². The molecule has 0 saturated carbocycles. The van der Waals surface area contributed by atoms with E-state index in [1.54, 1.807) is 11.3 Å². The maximum absolute atomic E-state index is 5.51. The molecular formula is C12H19NOS2. The molecule has 1 saturated heterocycles. The number of thioether (sulfide) groups is 1. The summed E-state index contributed by atoms with van der Waals surface area (Å²) in [6, 6.07) is 2.78. The van der Waals surface area contributed by atoms with Crippen LogP contribution in [0.5, 0.6) is 0 Å². The van der Waals surface area contributed by atoms with Gasteiger partial charge in [0.15, 0.2) is 0 Å². The fourth-order valence-electron chi connectivity index (χ4n) is 1.88. The molecule has 1 aliphatic rings. The first-order valence-corrected chi connectivity index (χ1v) is 7.90. The lowest BCUT2D eigenvalue weighted by atomic mass is 10.2. The molecule has 0 aromatic carbocycles. The first kappa shape index (κ1) is 12.4. The van der Waals surface area contributed by atoms with E-state index in [1.807, 2.05) is 11.8 Å². The van der Waals surface area contributed by atoms with Crippen molar-refractivity contribution in [1.82, 2.24) is 5.32 Å². The van der Waals surface area contributed by atoms with Crippen LogP contribution in [0.2, 0.25) is 0 Å². The van der Waals surface area contributed by atoms with E-state index in [0.29, 0.717) is 12.1 Å². The Bertz CT molecular complexity index is 289. The summed E-state index contributed by atoms with van der Waals surface area (Å²) >= 11 is 3.78. The van der Waals surface area contributed by atoms with Gasteiger partial charge in [-0.3, -0.25) is 0 Å². The van der Waals surface area contributed by atoms with Crippen molar-refractivity contribution in [1.29, 1.82) is 0 Å². The quantitative estimate of drug-likeness (QED) is 0.792. The summed E-state index contributed by atoms with van der Waals surface area (Å²) in [6.07, 6.45) is 1.55. The zero-order chi connectivity index (χ0) is 11.2. The average Bonchev–Trinajstić information content (AvgIpc) is 2.90. The average molecular weight is 257 g/mol. The Labute approximate surface area is 106 Å². The predicted octanol–water partition coefficient (Wildman–Crippen LogP) is 2.75. The molecule has 0 aliphatic carbocycles. The number of hydrogen-bond acceptors (Lipinski definition) is 4. The van der Waals surface area contributed by atoms with E-state index in [4.69, 9.17) is 4.74 Å². The maximum Gasteiger partial charge on any atom is 0.0700 e. The Morgan fingerprint density at radius 2 is 2.56 bits per heavy atom. The Hall–Kier alpha value is -0.0300. The molecule has 2 heterocycles. The normalized spacial score (nSPS) is 25.1. The van der Waals surface area contributed by atoms with Gasteiger partial charge in [0.05, 0.1) is 6.10 Å². The molecule has 4 heteroatoms. The molecule has 2 atom stereocenters. The Morgan fingerprint density at radius 1 is 1.62 bits per heavy atom. The molecule has 2 nitrogen and oxygen atoms in total. The second-order valence-electron chi connectivity index (χ2n) is 4.11. The summed E-state index contributed by atoms with van der Waals surface area (Å²) in [5.74, 6) is 2.32. The van der Waals surface area contributed by atoms with E-state index < -0.39 is 0 Å². The van der Waals surface area contributed by atoms with Gasteiger partial charge in [0.1, 0.15) is 0 Å². The lowest BCUT2D eigenvalue weighted by Gasteiger charge is -2.15. The number of rotatable bonds is 6. The van der Waals surface area contributed by atoms with Crippen LogP contribution in [0, 0.1) is 0 Å². The highest BCUT2D eigenvalue weighted by atomic mass is 32.2. The number of ether oxygens (including phenoxy) is 1.